The lowest BCUT2D eigenvalue weighted by Crippen LogP contribution is -1.95. The van der Waals surface area contributed by atoms with E-state index in [9.17, 15) is 4.79 Å². The normalized spacial score (nSPS) is 10.5. The van der Waals surface area contributed by atoms with Gasteiger partial charge in [-0.2, -0.15) is 0 Å². The second-order valence-corrected chi connectivity index (χ2v) is 5.34. The first-order chi connectivity index (χ1) is 10.1. The molecule has 5 heteroatoms. The Morgan fingerprint density at radius 2 is 1.86 bits per heavy atom. The second-order valence-electron chi connectivity index (χ2n) is 4.43. The summed E-state index contributed by atoms with van der Waals surface area (Å²) < 4.78 is 6.67. The molecule has 0 atom stereocenters. The Morgan fingerprint density at radius 3 is 2.62 bits per heavy atom. The van der Waals surface area contributed by atoms with Crippen LogP contribution in [0.1, 0.15) is 10.4 Å². The van der Waals surface area contributed by atoms with Gasteiger partial charge < -0.3 is 9.52 Å². The van der Waals surface area contributed by atoms with Crippen molar-refractivity contribution in [3.63, 3.8) is 0 Å². The van der Waals surface area contributed by atoms with Gasteiger partial charge in [0.05, 0.1) is 11.8 Å². The number of aromatic carboxylic acids is 1. The maximum Gasteiger partial charge on any atom is 0.335 e. The Balaban J connectivity index is 1.98. The number of carboxylic acids is 1. The van der Waals surface area contributed by atoms with Gasteiger partial charge in [-0.1, -0.05) is 34.1 Å². The number of aromatic nitrogens is 1. The van der Waals surface area contributed by atoms with E-state index in [0.717, 1.165) is 10.0 Å². The van der Waals surface area contributed by atoms with Crippen molar-refractivity contribution in [2.24, 2.45) is 0 Å². The molecule has 0 saturated carbocycles. The fourth-order valence-corrected chi connectivity index (χ4v) is 2.37. The molecular formula is C16H10BrNO3. The summed E-state index contributed by atoms with van der Waals surface area (Å²) in [7, 11) is 0. The molecular weight excluding hydrogens is 334 g/mol. The van der Waals surface area contributed by atoms with Gasteiger partial charge in [0.2, 0.25) is 5.89 Å². The lowest BCUT2D eigenvalue weighted by molar-refractivity contribution is 0.0697. The van der Waals surface area contributed by atoms with Crippen molar-refractivity contribution in [2.45, 2.75) is 0 Å². The molecule has 0 saturated heterocycles. The minimum Gasteiger partial charge on any atom is -0.478 e. The number of carbonyl (C=O) groups is 1. The van der Waals surface area contributed by atoms with Crippen molar-refractivity contribution in [1.29, 1.82) is 0 Å². The van der Waals surface area contributed by atoms with Crippen LogP contribution in [0, 0.1) is 0 Å². The Labute approximate surface area is 129 Å². The smallest absolute Gasteiger partial charge is 0.335 e. The number of nitrogens with zero attached hydrogens (tertiary/aromatic N) is 1. The number of carboxylic acid groups (broad SMARTS) is 1. The van der Waals surface area contributed by atoms with Crippen LogP contribution in [-0.2, 0) is 0 Å². The first-order valence-electron chi connectivity index (χ1n) is 6.19. The van der Waals surface area contributed by atoms with Crippen molar-refractivity contribution < 1.29 is 14.3 Å². The summed E-state index contributed by atoms with van der Waals surface area (Å²) >= 11 is 3.41. The Morgan fingerprint density at radius 1 is 1.10 bits per heavy atom. The van der Waals surface area contributed by atoms with Gasteiger partial charge in [0, 0.05) is 15.6 Å². The second kappa shape index (κ2) is 5.54. The van der Waals surface area contributed by atoms with Crippen LogP contribution in [0.2, 0.25) is 0 Å². The SMILES string of the molecule is O=C(O)c1cccc(-c2ncc(-c3cccc(Br)c3)o2)c1. The predicted molar refractivity (Wildman–Crippen MR) is 82.0 cm³/mol. The highest BCUT2D eigenvalue weighted by molar-refractivity contribution is 9.10. The topological polar surface area (TPSA) is 63.3 Å². The van der Waals surface area contributed by atoms with Crippen LogP contribution in [0.25, 0.3) is 22.8 Å². The molecule has 1 aromatic heterocycles. The number of oxazole rings is 1. The van der Waals surface area contributed by atoms with Crippen molar-refractivity contribution in [3.8, 4) is 22.8 Å². The largest absolute Gasteiger partial charge is 0.478 e. The summed E-state index contributed by atoms with van der Waals surface area (Å²) in [6.45, 7) is 0. The molecule has 2 aromatic carbocycles. The summed E-state index contributed by atoms with van der Waals surface area (Å²) in [5, 5.41) is 9.01. The number of hydrogen-bond donors (Lipinski definition) is 1. The average Bonchev–Trinajstić information content (AvgIpc) is 2.97. The lowest BCUT2D eigenvalue weighted by atomic mass is 10.1. The van der Waals surface area contributed by atoms with E-state index in [2.05, 4.69) is 20.9 Å². The first kappa shape index (κ1) is 13.6. The van der Waals surface area contributed by atoms with Gasteiger partial charge in [-0.05, 0) is 30.3 Å². The molecule has 0 fully saturated rings. The predicted octanol–water partition coefficient (Wildman–Crippen LogP) is 4.47. The van der Waals surface area contributed by atoms with E-state index in [0.29, 0.717) is 17.2 Å². The quantitative estimate of drug-likeness (QED) is 0.761. The molecule has 0 unspecified atom stereocenters. The molecule has 0 amide bonds. The molecule has 21 heavy (non-hydrogen) atoms. The van der Waals surface area contributed by atoms with Gasteiger partial charge in [0.1, 0.15) is 0 Å². The average molecular weight is 344 g/mol. The summed E-state index contributed by atoms with van der Waals surface area (Å²) in [6.07, 6.45) is 1.63. The summed E-state index contributed by atoms with van der Waals surface area (Å²) in [5.74, 6) is 0.0516. The summed E-state index contributed by atoms with van der Waals surface area (Å²) in [5.41, 5.74) is 1.74. The highest BCUT2D eigenvalue weighted by Crippen LogP contribution is 2.28. The molecule has 0 radical (unpaired) electrons. The molecule has 0 aliphatic heterocycles. The van der Waals surface area contributed by atoms with Crippen LogP contribution in [0.5, 0.6) is 0 Å². The zero-order chi connectivity index (χ0) is 14.8. The lowest BCUT2D eigenvalue weighted by Gasteiger charge is -1.99. The van der Waals surface area contributed by atoms with Gasteiger partial charge in [-0.3, -0.25) is 0 Å². The molecule has 0 aliphatic carbocycles. The molecule has 0 bridgehead atoms. The van der Waals surface area contributed by atoms with Crippen LogP contribution in [0.4, 0.5) is 0 Å². The maximum atomic E-state index is 11.0. The summed E-state index contributed by atoms with van der Waals surface area (Å²) in [6, 6.07) is 14.2. The van der Waals surface area contributed by atoms with Crippen molar-refractivity contribution in [2.75, 3.05) is 0 Å². The number of hydrogen-bond acceptors (Lipinski definition) is 3. The van der Waals surface area contributed by atoms with Crippen LogP contribution in [0.15, 0.2) is 63.6 Å². The van der Waals surface area contributed by atoms with E-state index in [1.165, 1.54) is 6.07 Å². The monoisotopic (exact) mass is 343 g/mol. The molecule has 0 aliphatic rings. The van der Waals surface area contributed by atoms with Crippen molar-refractivity contribution >= 4 is 21.9 Å². The van der Waals surface area contributed by atoms with Crippen molar-refractivity contribution in [3.05, 3.63) is 64.8 Å². The number of benzene rings is 2. The van der Waals surface area contributed by atoms with E-state index in [4.69, 9.17) is 9.52 Å². The molecule has 0 spiro atoms. The number of halogens is 1. The highest BCUT2D eigenvalue weighted by atomic mass is 79.9. The van der Waals surface area contributed by atoms with E-state index >= 15 is 0 Å². The van der Waals surface area contributed by atoms with Crippen LogP contribution in [-0.4, -0.2) is 16.1 Å². The third kappa shape index (κ3) is 2.87. The van der Waals surface area contributed by atoms with Crippen LogP contribution >= 0.6 is 15.9 Å². The van der Waals surface area contributed by atoms with Gasteiger partial charge in [-0.15, -0.1) is 0 Å². The standard InChI is InChI=1S/C16H10BrNO3/c17-13-6-2-3-10(8-13)14-9-18-15(21-14)11-4-1-5-12(7-11)16(19)20/h1-9H,(H,19,20). The molecule has 3 aromatic rings. The van der Waals surface area contributed by atoms with Gasteiger partial charge in [0.15, 0.2) is 5.76 Å². The van der Waals surface area contributed by atoms with Gasteiger partial charge >= 0.3 is 5.97 Å². The maximum absolute atomic E-state index is 11.0. The summed E-state index contributed by atoms with van der Waals surface area (Å²) in [4.78, 5) is 15.2. The van der Waals surface area contributed by atoms with E-state index < -0.39 is 5.97 Å². The molecule has 1 N–H and O–H groups in total. The zero-order valence-corrected chi connectivity index (χ0v) is 12.4. The molecule has 4 nitrogen and oxygen atoms in total. The fraction of sp³-hybridized carbons (Fsp3) is 0. The van der Waals surface area contributed by atoms with Crippen LogP contribution < -0.4 is 0 Å². The van der Waals surface area contributed by atoms with E-state index in [-0.39, 0.29) is 5.56 Å². The number of rotatable bonds is 3. The van der Waals surface area contributed by atoms with Gasteiger partial charge in [0.25, 0.3) is 0 Å². The molecule has 3 rings (SSSR count). The van der Waals surface area contributed by atoms with Crippen molar-refractivity contribution in [1.82, 2.24) is 4.98 Å². The minimum atomic E-state index is -0.976. The Hall–Kier alpha value is -2.40. The van der Waals surface area contributed by atoms with E-state index in [1.807, 2.05) is 24.3 Å². The first-order valence-corrected chi connectivity index (χ1v) is 6.98. The highest BCUT2D eigenvalue weighted by Gasteiger charge is 2.11. The van der Waals surface area contributed by atoms with Crippen LogP contribution in [0.3, 0.4) is 0 Å². The Kier molecular flexibility index (Phi) is 3.58. The van der Waals surface area contributed by atoms with Gasteiger partial charge in [-0.25, -0.2) is 9.78 Å². The Bertz CT molecular complexity index is 811. The fourth-order valence-electron chi connectivity index (χ4n) is 1.97. The molecule has 104 valence electrons. The third-order valence-electron chi connectivity index (χ3n) is 2.97. The van der Waals surface area contributed by atoms with E-state index in [1.54, 1.807) is 24.4 Å². The zero-order valence-electron chi connectivity index (χ0n) is 10.8. The third-order valence-corrected chi connectivity index (χ3v) is 3.46. The molecule has 1 heterocycles. The minimum absolute atomic E-state index is 0.203.